The lowest BCUT2D eigenvalue weighted by Crippen LogP contribution is -1.99. The van der Waals surface area contributed by atoms with Gasteiger partial charge < -0.3 is 13.7 Å². The zero-order valence-corrected chi connectivity index (χ0v) is 17.4. The molecule has 31 heavy (non-hydrogen) atoms. The van der Waals surface area contributed by atoms with Gasteiger partial charge in [-0.1, -0.05) is 31.1 Å². The highest BCUT2D eigenvalue weighted by Gasteiger charge is 2.16. The van der Waals surface area contributed by atoms with Crippen LogP contribution in [-0.4, -0.2) is 15.1 Å². The molecule has 0 atom stereocenters. The molecular weight excluding hydrogens is 398 g/mol. The van der Waals surface area contributed by atoms with E-state index in [2.05, 4.69) is 36.1 Å². The Morgan fingerprint density at radius 2 is 1.87 bits per heavy atom. The highest BCUT2D eigenvalue weighted by atomic mass is 16.6. The number of nitrogens with zero attached hydrogens (tertiary/aromatic N) is 3. The van der Waals surface area contributed by atoms with Gasteiger partial charge in [-0.3, -0.25) is 10.1 Å². The highest BCUT2D eigenvalue weighted by Crippen LogP contribution is 2.29. The monoisotopic (exact) mass is 419 g/mol. The van der Waals surface area contributed by atoms with E-state index in [1.165, 1.54) is 12.1 Å². The third kappa shape index (κ3) is 4.48. The molecule has 0 aliphatic heterocycles. The summed E-state index contributed by atoms with van der Waals surface area (Å²) >= 11 is 0. The molecule has 0 unspecified atom stereocenters. The van der Waals surface area contributed by atoms with Crippen LogP contribution in [0.3, 0.4) is 0 Å². The normalized spacial score (nSPS) is 11.1. The van der Waals surface area contributed by atoms with E-state index in [9.17, 15) is 10.1 Å². The fourth-order valence-corrected chi connectivity index (χ4v) is 3.14. The Morgan fingerprint density at radius 3 is 2.58 bits per heavy atom. The summed E-state index contributed by atoms with van der Waals surface area (Å²) in [6.45, 7) is 6.55. The molecule has 0 bridgehead atoms. The van der Waals surface area contributed by atoms with Crippen LogP contribution in [-0.2, 0) is 6.61 Å². The van der Waals surface area contributed by atoms with Crippen molar-refractivity contribution in [3.8, 4) is 28.8 Å². The SMILES string of the molecule is Cc1ccc(C(C)C)c(OCc2ccc(-c3nc(-c4ccc([N+](=O)[O-])cc4)no3)o2)c1. The lowest BCUT2D eigenvalue weighted by atomic mass is 10.0. The predicted molar refractivity (Wildman–Crippen MR) is 114 cm³/mol. The van der Waals surface area contributed by atoms with Crippen molar-refractivity contribution in [1.29, 1.82) is 0 Å². The average Bonchev–Trinajstić information content (AvgIpc) is 3.42. The van der Waals surface area contributed by atoms with Crippen LogP contribution in [0.1, 0.15) is 36.7 Å². The van der Waals surface area contributed by atoms with Crippen molar-refractivity contribution >= 4 is 5.69 Å². The molecular formula is C23H21N3O5. The lowest BCUT2D eigenvalue weighted by Gasteiger charge is -2.14. The molecule has 0 fully saturated rings. The molecule has 4 aromatic rings. The van der Waals surface area contributed by atoms with Crippen LogP contribution in [0.15, 0.2) is 63.5 Å². The van der Waals surface area contributed by atoms with Crippen LogP contribution >= 0.6 is 0 Å². The van der Waals surface area contributed by atoms with Crippen LogP contribution in [0.4, 0.5) is 5.69 Å². The predicted octanol–water partition coefficient (Wildman–Crippen LogP) is 5.92. The number of benzene rings is 2. The Kier molecular flexibility index (Phi) is 5.53. The van der Waals surface area contributed by atoms with E-state index in [0.717, 1.165) is 16.9 Å². The largest absolute Gasteiger partial charge is 0.485 e. The van der Waals surface area contributed by atoms with Crippen LogP contribution in [0.2, 0.25) is 0 Å². The van der Waals surface area contributed by atoms with Gasteiger partial charge in [0.2, 0.25) is 5.82 Å². The zero-order valence-electron chi connectivity index (χ0n) is 17.4. The minimum absolute atomic E-state index is 0.00243. The quantitative estimate of drug-likeness (QED) is 0.271. The number of nitro benzene ring substituents is 1. The fraction of sp³-hybridized carbons (Fsp3) is 0.217. The van der Waals surface area contributed by atoms with Crippen molar-refractivity contribution in [3.05, 3.63) is 81.6 Å². The van der Waals surface area contributed by atoms with Crippen LogP contribution < -0.4 is 4.74 Å². The van der Waals surface area contributed by atoms with Gasteiger partial charge in [-0.15, -0.1) is 0 Å². The first-order valence-electron chi connectivity index (χ1n) is 9.81. The molecule has 0 amide bonds. The zero-order chi connectivity index (χ0) is 22.0. The molecule has 4 rings (SSSR count). The molecule has 2 heterocycles. The molecule has 0 N–H and O–H groups in total. The van der Waals surface area contributed by atoms with E-state index in [0.29, 0.717) is 28.8 Å². The maximum atomic E-state index is 10.8. The van der Waals surface area contributed by atoms with Crippen molar-refractivity contribution in [2.45, 2.75) is 33.3 Å². The van der Waals surface area contributed by atoms with E-state index in [-0.39, 0.29) is 18.2 Å². The van der Waals surface area contributed by atoms with Gasteiger partial charge in [0.05, 0.1) is 4.92 Å². The first-order chi connectivity index (χ1) is 14.9. The summed E-state index contributed by atoms with van der Waals surface area (Å²) in [7, 11) is 0. The molecule has 8 heteroatoms. The smallest absolute Gasteiger partial charge is 0.293 e. The first-order valence-corrected chi connectivity index (χ1v) is 9.81. The maximum Gasteiger partial charge on any atom is 0.293 e. The van der Waals surface area contributed by atoms with Gasteiger partial charge in [0.25, 0.3) is 11.6 Å². The van der Waals surface area contributed by atoms with Crippen molar-refractivity contribution in [3.63, 3.8) is 0 Å². The summed E-state index contributed by atoms with van der Waals surface area (Å²) in [6, 6.07) is 15.7. The molecule has 0 radical (unpaired) electrons. The topological polar surface area (TPSA) is 104 Å². The summed E-state index contributed by atoms with van der Waals surface area (Å²) in [4.78, 5) is 14.6. The summed E-state index contributed by atoms with van der Waals surface area (Å²) in [5, 5.41) is 14.7. The number of nitro groups is 1. The molecule has 2 aromatic heterocycles. The van der Waals surface area contributed by atoms with Crippen molar-refractivity contribution in [1.82, 2.24) is 10.1 Å². The molecule has 0 aliphatic rings. The van der Waals surface area contributed by atoms with Gasteiger partial charge in [0, 0.05) is 17.7 Å². The van der Waals surface area contributed by atoms with E-state index < -0.39 is 4.92 Å². The first kappa shape index (κ1) is 20.3. The minimum Gasteiger partial charge on any atom is -0.485 e. The lowest BCUT2D eigenvalue weighted by molar-refractivity contribution is -0.384. The minimum atomic E-state index is -0.460. The van der Waals surface area contributed by atoms with Crippen LogP contribution in [0.25, 0.3) is 23.0 Å². The van der Waals surface area contributed by atoms with Crippen LogP contribution in [0, 0.1) is 17.0 Å². The number of aromatic nitrogens is 2. The third-order valence-electron chi connectivity index (χ3n) is 4.80. The summed E-state index contributed by atoms with van der Waals surface area (Å²) in [5.41, 5.74) is 2.87. The molecule has 0 saturated carbocycles. The summed E-state index contributed by atoms with van der Waals surface area (Å²) in [5.74, 6) is 2.78. The van der Waals surface area contributed by atoms with E-state index in [4.69, 9.17) is 13.7 Å². The second-order valence-electron chi connectivity index (χ2n) is 7.48. The summed E-state index contributed by atoms with van der Waals surface area (Å²) < 4.78 is 17.1. The number of non-ortho nitro benzene ring substituents is 1. The molecule has 2 aromatic carbocycles. The van der Waals surface area contributed by atoms with E-state index in [1.807, 2.05) is 13.0 Å². The van der Waals surface area contributed by atoms with Gasteiger partial charge in [0.15, 0.2) is 5.76 Å². The molecule has 0 aliphatic carbocycles. The standard InChI is InChI=1S/C23H21N3O5/c1-14(2)19-10-4-15(3)12-21(19)29-13-18-9-11-20(30-18)23-24-22(25-31-23)16-5-7-17(8-6-16)26(27)28/h4-12,14H,13H2,1-3H3. The van der Waals surface area contributed by atoms with Crippen molar-refractivity contribution in [2.75, 3.05) is 0 Å². The van der Waals surface area contributed by atoms with Gasteiger partial charge >= 0.3 is 0 Å². The fourth-order valence-electron chi connectivity index (χ4n) is 3.14. The number of hydrogen-bond acceptors (Lipinski definition) is 7. The van der Waals surface area contributed by atoms with Gasteiger partial charge in [-0.05, 0) is 54.3 Å². The number of rotatable bonds is 7. The van der Waals surface area contributed by atoms with Crippen molar-refractivity contribution < 1.29 is 18.6 Å². The molecule has 0 saturated heterocycles. The van der Waals surface area contributed by atoms with Crippen LogP contribution in [0.5, 0.6) is 5.75 Å². The number of hydrogen-bond donors (Lipinski definition) is 0. The third-order valence-corrected chi connectivity index (χ3v) is 4.80. The maximum absolute atomic E-state index is 10.8. The Bertz CT molecular complexity index is 1210. The van der Waals surface area contributed by atoms with Gasteiger partial charge in [-0.2, -0.15) is 4.98 Å². The number of aryl methyl sites for hydroxylation is 1. The second-order valence-corrected chi connectivity index (χ2v) is 7.48. The van der Waals surface area contributed by atoms with Gasteiger partial charge in [0.1, 0.15) is 18.1 Å². The highest BCUT2D eigenvalue weighted by molar-refractivity contribution is 5.59. The van der Waals surface area contributed by atoms with E-state index in [1.54, 1.807) is 24.3 Å². The Morgan fingerprint density at radius 1 is 1.10 bits per heavy atom. The Balaban J connectivity index is 1.47. The van der Waals surface area contributed by atoms with Gasteiger partial charge in [-0.25, -0.2) is 0 Å². The number of furan rings is 1. The second kappa shape index (κ2) is 8.43. The molecule has 8 nitrogen and oxygen atoms in total. The number of ether oxygens (including phenoxy) is 1. The Labute approximate surface area is 178 Å². The van der Waals surface area contributed by atoms with E-state index >= 15 is 0 Å². The molecule has 158 valence electrons. The van der Waals surface area contributed by atoms with Crippen molar-refractivity contribution in [2.24, 2.45) is 0 Å². The summed E-state index contributed by atoms with van der Waals surface area (Å²) in [6.07, 6.45) is 0. The Hall–Kier alpha value is -3.94. The molecule has 0 spiro atoms. The average molecular weight is 419 g/mol.